The summed E-state index contributed by atoms with van der Waals surface area (Å²) >= 11 is 0. The Hall–Kier alpha value is -5.55. The van der Waals surface area contributed by atoms with Gasteiger partial charge >= 0.3 is 0 Å². The second kappa shape index (κ2) is 12.3. The highest BCUT2D eigenvalue weighted by molar-refractivity contribution is 7.90. The number of allylic oxidation sites excluding steroid dienone is 4. The van der Waals surface area contributed by atoms with Crippen LogP contribution in [0.5, 0.6) is 0 Å². The molecule has 4 bridgehead atoms. The summed E-state index contributed by atoms with van der Waals surface area (Å²) < 4.78 is 31.7. The first-order valence-corrected chi connectivity index (χ1v) is 19.9. The maximum Gasteiger partial charge on any atom is 0.269 e. The molecule has 4 atom stereocenters. The molecule has 266 valence electrons. The molecule has 4 aliphatic rings. The number of rotatable bonds is 6. The Morgan fingerprint density at radius 3 is 1.85 bits per heavy atom. The fraction of sp³-hybridized carbons (Fsp3) is 0.286. The van der Waals surface area contributed by atoms with E-state index >= 15 is 0 Å². The van der Waals surface area contributed by atoms with Gasteiger partial charge in [-0.2, -0.15) is 10.2 Å². The highest BCUT2D eigenvalue weighted by Crippen LogP contribution is 2.49. The van der Waals surface area contributed by atoms with Crippen LogP contribution in [0.25, 0.3) is 55.5 Å². The largest absolute Gasteiger partial charge is 0.346 e. The number of aromatic nitrogens is 8. The number of pyridine rings is 2. The molecule has 0 amide bonds. The first kappa shape index (κ1) is 32.1. The van der Waals surface area contributed by atoms with Crippen molar-refractivity contribution in [3.63, 3.8) is 0 Å². The van der Waals surface area contributed by atoms with E-state index in [9.17, 15) is 8.42 Å². The molecule has 4 aliphatic carbocycles. The fourth-order valence-electron chi connectivity index (χ4n) is 9.22. The van der Waals surface area contributed by atoms with Crippen LogP contribution in [0, 0.1) is 23.7 Å². The van der Waals surface area contributed by atoms with Gasteiger partial charge in [0, 0.05) is 84.3 Å². The van der Waals surface area contributed by atoms with Crippen LogP contribution in [0.3, 0.4) is 0 Å². The van der Waals surface area contributed by atoms with Gasteiger partial charge in [-0.15, -0.1) is 0 Å². The van der Waals surface area contributed by atoms with Gasteiger partial charge in [-0.3, -0.25) is 9.36 Å². The lowest BCUT2D eigenvalue weighted by molar-refractivity contribution is 0.589. The summed E-state index contributed by atoms with van der Waals surface area (Å²) in [5.41, 5.74) is 10.7. The monoisotopic (exact) mass is 720 g/mol. The number of hydrogen-bond acceptors (Lipinski definition) is 6. The van der Waals surface area contributed by atoms with E-state index in [0.29, 0.717) is 17.5 Å². The minimum Gasteiger partial charge on any atom is -0.346 e. The van der Waals surface area contributed by atoms with E-state index in [2.05, 4.69) is 49.4 Å². The van der Waals surface area contributed by atoms with Crippen LogP contribution in [0.15, 0.2) is 109 Å². The van der Waals surface area contributed by atoms with E-state index in [4.69, 9.17) is 0 Å². The van der Waals surface area contributed by atoms with Crippen molar-refractivity contribution in [2.24, 2.45) is 37.8 Å². The van der Waals surface area contributed by atoms with Gasteiger partial charge in [0.15, 0.2) is 5.65 Å². The third-order valence-electron chi connectivity index (χ3n) is 11.8. The molecule has 0 spiro atoms. The Kier molecular flexibility index (Phi) is 7.43. The van der Waals surface area contributed by atoms with Gasteiger partial charge in [-0.05, 0) is 109 Å². The lowest BCUT2D eigenvalue weighted by Crippen LogP contribution is -2.12. The zero-order valence-electron chi connectivity index (χ0n) is 29.7. The summed E-state index contributed by atoms with van der Waals surface area (Å²) in [6.07, 6.45) is 27.8. The van der Waals surface area contributed by atoms with Crippen LogP contribution in [-0.4, -0.2) is 46.9 Å². The van der Waals surface area contributed by atoms with Crippen molar-refractivity contribution in [1.29, 1.82) is 0 Å². The zero-order chi connectivity index (χ0) is 35.8. The lowest BCUT2D eigenvalue weighted by Gasteiger charge is -2.14. The highest BCUT2D eigenvalue weighted by atomic mass is 32.2. The number of nitrogens with zero attached hydrogens (tertiary/aromatic N) is 7. The van der Waals surface area contributed by atoms with E-state index in [1.165, 1.54) is 70.2 Å². The summed E-state index contributed by atoms with van der Waals surface area (Å²) in [6, 6.07) is 12.9. The molecular formula is C42H40N8O2S. The van der Waals surface area contributed by atoms with Crippen LogP contribution in [-0.2, 0) is 24.1 Å². The molecule has 0 radical (unpaired) electrons. The molecule has 11 heteroatoms. The van der Waals surface area contributed by atoms with Gasteiger partial charge in [-0.25, -0.2) is 22.4 Å². The van der Waals surface area contributed by atoms with Crippen LogP contribution >= 0.6 is 0 Å². The van der Waals surface area contributed by atoms with E-state index in [1.807, 2.05) is 56.0 Å². The predicted molar refractivity (Wildman–Crippen MR) is 207 cm³/mol. The standard InChI is InChI=1S/C24H22N4O2S.C18H18N4/c1-27-14-19(13-26-27)23-15-28(31(29,30)20-5-3-2-4-6-20)24-22(23)11-18(12-25-24)21-10-16-7-8-17(21)9-16;1-22-10-14(8-21-22)17-9-20-18-16(17)6-13(7-19-18)15-5-11-2-3-12(15)4-11/h2-6,10-17H,7-9H2,1H3;5-12H,2-4H2,1H3,(H,19,20). The number of aromatic amines is 1. The summed E-state index contributed by atoms with van der Waals surface area (Å²) in [7, 11) is 0.0270. The van der Waals surface area contributed by atoms with Crippen molar-refractivity contribution in [1.82, 2.24) is 38.5 Å². The Bertz CT molecular complexity index is 2710. The smallest absolute Gasteiger partial charge is 0.269 e. The average Bonchev–Trinajstić information content (AvgIpc) is 4.03. The minimum absolute atomic E-state index is 0.242. The van der Waals surface area contributed by atoms with Crippen LogP contribution in [0.2, 0.25) is 0 Å². The maximum absolute atomic E-state index is 13.4. The molecule has 6 heterocycles. The van der Waals surface area contributed by atoms with Gasteiger partial charge in [0.1, 0.15) is 5.65 Å². The van der Waals surface area contributed by atoms with Crippen LogP contribution in [0.1, 0.15) is 49.7 Å². The minimum atomic E-state index is -3.77. The quantitative estimate of drug-likeness (QED) is 0.185. The molecule has 6 aromatic heterocycles. The summed E-state index contributed by atoms with van der Waals surface area (Å²) in [5.74, 6) is 2.84. The summed E-state index contributed by atoms with van der Waals surface area (Å²) in [6.45, 7) is 0. The molecular weight excluding hydrogens is 681 g/mol. The van der Waals surface area contributed by atoms with E-state index in [0.717, 1.165) is 45.1 Å². The van der Waals surface area contributed by atoms with Crippen molar-refractivity contribution in [2.75, 3.05) is 0 Å². The predicted octanol–water partition coefficient (Wildman–Crippen LogP) is 8.26. The molecule has 11 rings (SSSR count). The number of H-pyrrole nitrogens is 1. The van der Waals surface area contributed by atoms with Crippen LogP contribution in [0.4, 0.5) is 0 Å². The van der Waals surface area contributed by atoms with Crippen molar-refractivity contribution in [3.05, 3.63) is 115 Å². The van der Waals surface area contributed by atoms with Crippen molar-refractivity contribution in [3.8, 4) is 22.3 Å². The SMILES string of the molecule is Cn1cc(-c2c[nH]c3ncc(C4=CC5CCC4C5)cc23)cn1.Cn1cc(-c2cn(S(=O)(=O)c3ccccc3)c3ncc(C4=CC5CCC4C5)cc23)cn1. The molecule has 2 fully saturated rings. The van der Waals surface area contributed by atoms with E-state index in [-0.39, 0.29) is 4.90 Å². The molecule has 0 aliphatic heterocycles. The number of aryl methyl sites for hydroxylation is 2. The van der Waals surface area contributed by atoms with Gasteiger partial charge < -0.3 is 4.98 Å². The molecule has 1 N–H and O–H groups in total. The first-order valence-electron chi connectivity index (χ1n) is 18.5. The number of nitrogens with one attached hydrogen (secondary N) is 1. The third kappa shape index (κ3) is 5.48. The summed E-state index contributed by atoms with van der Waals surface area (Å²) in [5, 5.41) is 10.6. The van der Waals surface area contributed by atoms with Crippen molar-refractivity contribution < 1.29 is 8.42 Å². The third-order valence-corrected chi connectivity index (χ3v) is 13.5. The Morgan fingerprint density at radius 2 is 1.28 bits per heavy atom. The molecule has 10 nitrogen and oxygen atoms in total. The second-order valence-corrected chi connectivity index (χ2v) is 17.0. The van der Waals surface area contributed by atoms with Crippen molar-refractivity contribution >= 4 is 43.2 Å². The Morgan fingerprint density at radius 1 is 0.679 bits per heavy atom. The van der Waals surface area contributed by atoms with Gasteiger partial charge in [0.05, 0.1) is 17.3 Å². The fourth-order valence-corrected chi connectivity index (χ4v) is 10.6. The second-order valence-electron chi connectivity index (χ2n) is 15.2. The number of fused-ring (bicyclic) bond motifs is 6. The molecule has 53 heavy (non-hydrogen) atoms. The highest BCUT2D eigenvalue weighted by Gasteiger charge is 2.35. The van der Waals surface area contributed by atoms with Gasteiger partial charge in [-0.1, -0.05) is 30.4 Å². The molecule has 4 unspecified atom stereocenters. The van der Waals surface area contributed by atoms with Crippen LogP contribution < -0.4 is 0 Å². The molecule has 0 saturated heterocycles. The zero-order valence-corrected chi connectivity index (χ0v) is 30.5. The maximum atomic E-state index is 13.4. The summed E-state index contributed by atoms with van der Waals surface area (Å²) in [4.78, 5) is 12.8. The Balaban J connectivity index is 0.000000140. The molecule has 2 saturated carbocycles. The van der Waals surface area contributed by atoms with Gasteiger partial charge in [0.2, 0.25) is 0 Å². The van der Waals surface area contributed by atoms with Gasteiger partial charge in [0.25, 0.3) is 10.0 Å². The normalized spacial score (nSPS) is 21.7. The number of hydrogen-bond donors (Lipinski definition) is 1. The average molecular weight is 721 g/mol. The topological polar surface area (TPSA) is 116 Å². The lowest BCUT2D eigenvalue weighted by atomic mass is 9.92. The van der Waals surface area contributed by atoms with E-state index in [1.54, 1.807) is 47.4 Å². The Labute approximate surface area is 308 Å². The van der Waals surface area contributed by atoms with E-state index < -0.39 is 10.0 Å². The molecule has 7 aromatic rings. The first-order chi connectivity index (χ1) is 25.8. The molecule has 1 aromatic carbocycles. The van der Waals surface area contributed by atoms with Crippen molar-refractivity contribution in [2.45, 2.75) is 43.4 Å². The number of benzene rings is 1.